The van der Waals surface area contributed by atoms with Crippen LogP contribution in [0.25, 0.3) is 0 Å². The van der Waals surface area contributed by atoms with Gasteiger partial charge in [0, 0.05) is 12.0 Å². The lowest BCUT2D eigenvalue weighted by atomic mass is 9.83. The van der Waals surface area contributed by atoms with Gasteiger partial charge in [-0.15, -0.1) is 0 Å². The maximum absolute atomic E-state index is 13.4. The molecule has 0 unspecified atom stereocenters. The molecule has 3 aliphatic rings. The lowest BCUT2D eigenvalue weighted by Gasteiger charge is -2.37. The van der Waals surface area contributed by atoms with Crippen molar-refractivity contribution in [2.45, 2.75) is 32.7 Å². The van der Waals surface area contributed by atoms with Crippen LogP contribution in [0.2, 0.25) is 0 Å². The first-order valence-electron chi connectivity index (χ1n) is 10.9. The predicted octanol–water partition coefficient (Wildman–Crippen LogP) is 5.10. The van der Waals surface area contributed by atoms with Crippen molar-refractivity contribution in [3.63, 3.8) is 0 Å². The van der Waals surface area contributed by atoms with Crippen LogP contribution in [0.5, 0.6) is 0 Å². The van der Waals surface area contributed by atoms with Gasteiger partial charge in [0.05, 0.1) is 25.8 Å². The highest BCUT2D eigenvalue weighted by molar-refractivity contribution is 5.98. The Balaban J connectivity index is 1.57. The molecule has 2 aromatic carbocycles. The number of hydrogen-bond acceptors (Lipinski definition) is 3. The molecule has 2 aromatic rings. The van der Waals surface area contributed by atoms with Gasteiger partial charge in [0.25, 0.3) is 0 Å². The number of fused-ring (bicyclic) bond motifs is 1. The molecule has 0 bridgehead atoms. The Hall–Kier alpha value is -2.49. The third kappa shape index (κ3) is 3.36. The summed E-state index contributed by atoms with van der Waals surface area (Å²) in [6.07, 6.45) is 2.05. The van der Waals surface area contributed by atoms with E-state index in [1.807, 2.05) is 6.92 Å². The van der Waals surface area contributed by atoms with E-state index >= 15 is 0 Å². The molecule has 2 aliphatic heterocycles. The maximum Gasteiger partial charge on any atom is 0.172 e. The van der Waals surface area contributed by atoms with Gasteiger partial charge in [-0.1, -0.05) is 66.2 Å². The maximum atomic E-state index is 13.4. The van der Waals surface area contributed by atoms with E-state index in [-0.39, 0.29) is 17.2 Å². The number of ether oxygens (including phenoxy) is 1. The van der Waals surface area contributed by atoms with Crippen LogP contribution in [0, 0.1) is 5.41 Å². The fourth-order valence-corrected chi connectivity index (χ4v) is 5.38. The van der Waals surface area contributed by atoms with Crippen molar-refractivity contribution in [1.29, 1.82) is 0 Å². The first-order chi connectivity index (χ1) is 14.6. The highest BCUT2D eigenvalue weighted by Crippen LogP contribution is 2.52. The Bertz CT molecular complexity index is 976. The molecular weight excluding hydrogens is 370 g/mol. The number of ketones is 1. The van der Waals surface area contributed by atoms with E-state index < -0.39 is 0 Å². The van der Waals surface area contributed by atoms with Gasteiger partial charge >= 0.3 is 0 Å². The normalized spacial score (nSPS) is 26.4. The van der Waals surface area contributed by atoms with Crippen LogP contribution in [-0.4, -0.2) is 37.0 Å². The summed E-state index contributed by atoms with van der Waals surface area (Å²) in [5.74, 6) is 0.254. The van der Waals surface area contributed by atoms with Crippen molar-refractivity contribution < 1.29 is 9.53 Å². The van der Waals surface area contributed by atoms with Crippen LogP contribution in [0.15, 0.2) is 83.0 Å². The number of benzene rings is 2. The van der Waals surface area contributed by atoms with Gasteiger partial charge in [-0.3, -0.25) is 9.69 Å². The van der Waals surface area contributed by atoms with Crippen LogP contribution in [-0.2, 0) is 9.53 Å². The summed E-state index contributed by atoms with van der Waals surface area (Å²) in [4.78, 5) is 15.7. The Morgan fingerprint density at radius 3 is 1.93 bits per heavy atom. The number of allylic oxidation sites excluding steroid dienone is 2. The van der Waals surface area contributed by atoms with Crippen molar-refractivity contribution in [2.24, 2.45) is 5.41 Å². The number of hydrogen-bond donors (Lipinski definition) is 0. The Kier molecular flexibility index (Phi) is 4.96. The first-order valence-corrected chi connectivity index (χ1v) is 10.9. The van der Waals surface area contributed by atoms with Gasteiger partial charge in [-0.25, -0.2) is 0 Å². The topological polar surface area (TPSA) is 29.5 Å². The van der Waals surface area contributed by atoms with Crippen molar-refractivity contribution in [2.75, 3.05) is 26.3 Å². The molecule has 1 aliphatic carbocycles. The first kappa shape index (κ1) is 19.5. The molecule has 0 radical (unpaired) electrons. The molecule has 0 atom stereocenters. The molecule has 2 fully saturated rings. The van der Waals surface area contributed by atoms with E-state index in [1.54, 1.807) is 0 Å². The van der Waals surface area contributed by atoms with Gasteiger partial charge in [0.2, 0.25) is 0 Å². The molecule has 154 valence electrons. The SMILES string of the molecule is C/C1=C2\CC3(COC3)C\C2=C(/C)C(=O)CN(C(c2ccccc2)c2ccccc2)C1. The van der Waals surface area contributed by atoms with Crippen LogP contribution in [0.4, 0.5) is 0 Å². The molecule has 0 amide bonds. The Labute approximate surface area is 179 Å². The number of nitrogens with zero attached hydrogens (tertiary/aromatic N) is 1. The van der Waals surface area contributed by atoms with E-state index in [1.165, 1.54) is 27.8 Å². The second-order valence-electron chi connectivity index (χ2n) is 9.26. The minimum atomic E-state index is 0.0589. The van der Waals surface area contributed by atoms with Crippen LogP contribution >= 0.6 is 0 Å². The highest BCUT2D eigenvalue weighted by atomic mass is 16.5. The lowest BCUT2D eigenvalue weighted by molar-refractivity contribution is -0.117. The van der Waals surface area contributed by atoms with E-state index in [0.717, 1.165) is 38.2 Å². The summed E-state index contributed by atoms with van der Waals surface area (Å²) in [7, 11) is 0. The summed E-state index contributed by atoms with van der Waals surface area (Å²) >= 11 is 0. The molecule has 3 nitrogen and oxygen atoms in total. The average Bonchev–Trinajstić information content (AvgIpc) is 3.16. The van der Waals surface area contributed by atoms with E-state index in [2.05, 4.69) is 72.5 Å². The second kappa shape index (κ2) is 7.64. The number of carbonyl (C=O) groups excluding carboxylic acids is 1. The van der Waals surface area contributed by atoms with E-state index in [0.29, 0.717) is 6.54 Å². The largest absolute Gasteiger partial charge is 0.380 e. The lowest BCUT2D eigenvalue weighted by Crippen LogP contribution is -2.39. The van der Waals surface area contributed by atoms with Gasteiger partial charge in [0.1, 0.15) is 0 Å². The third-order valence-electron chi connectivity index (χ3n) is 7.05. The summed E-state index contributed by atoms with van der Waals surface area (Å²) in [5.41, 5.74) is 7.76. The third-order valence-corrected chi connectivity index (χ3v) is 7.05. The van der Waals surface area contributed by atoms with Gasteiger partial charge in [0.15, 0.2) is 5.78 Å². The zero-order valence-electron chi connectivity index (χ0n) is 17.9. The Morgan fingerprint density at radius 2 is 1.40 bits per heavy atom. The van der Waals surface area contributed by atoms with E-state index in [9.17, 15) is 4.79 Å². The summed E-state index contributed by atoms with van der Waals surface area (Å²) in [6.45, 7) is 7.20. The molecule has 5 rings (SSSR count). The van der Waals surface area contributed by atoms with Crippen LogP contribution in [0.1, 0.15) is 43.9 Å². The number of rotatable bonds is 3. The molecule has 30 heavy (non-hydrogen) atoms. The second-order valence-corrected chi connectivity index (χ2v) is 9.26. The smallest absolute Gasteiger partial charge is 0.172 e. The van der Waals surface area contributed by atoms with Gasteiger partial charge in [-0.2, -0.15) is 0 Å². The average molecular weight is 400 g/mol. The summed E-state index contributed by atoms with van der Waals surface area (Å²) in [6, 6.07) is 21.2. The molecule has 1 spiro atoms. The molecule has 2 heterocycles. The van der Waals surface area contributed by atoms with Gasteiger partial charge in [-0.05, 0) is 54.5 Å². The molecule has 1 saturated heterocycles. The van der Waals surface area contributed by atoms with Crippen molar-refractivity contribution >= 4 is 5.78 Å². The monoisotopic (exact) mass is 399 g/mol. The molecule has 0 N–H and O–H groups in total. The van der Waals surface area contributed by atoms with Crippen LogP contribution < -0.4 is 0 Å². The quantitative estimate of drug-likeness (QED) is 0.719. The van der Waals surface area contributed by atoms with Crippen LogP contribution in [0.3, 0.4) is 0 Å². The fourth-order valence-electron chi connectivity index (χ4n) is 5.38. The fraction of sp³-hybridized carbons (Fsp3) is 0.370. The molecular formula is C27H29NO2. The zero-order chi connectivity index (χ0) is 20.7. The summed E-state index contributed by atoms with van der Waals surface area (Å²) < 4.78 is 5.56. The standard InChI is InChI=1S/C27H29NO2/c1-19-15-28(26(21-9-5-3-6-10-21)22-11-7-4-8-12-22)16-25(29)20(2)24-14-27(13-23(19)24)17-30-18-27/h3-12,26H,13-18H2,1-2H3/b23-19-,24-20-. The minimum Gasteiger partial charge on any atom is -0.380 e. The van der Waals surface area contributed by atoms with Crippen molar-refractivity contribution in [1.82, 2.24) is 4.90 Å². The van der Waals surface area contributed by atoms with Crippen molar-refractivity contribution in [3.05, 3.63) is 94.1 Å². The number of Topliss-reactive ketones (excluding diaryl/α,β-unsaturated/α-hetero) is 1. The van der Waals surface area contributed by atoms with Crippen molar-refractivity contribution in [3.8, 4) is 0 Å². The summed E-state index contributed by atoms with van der Waals surface area (Å²) in [5, 5.41) is 0. The molecule has 0 aromatic heterocycles. The Morgan fingerprint density at radius 1 is 0.833 bits per heavy atom. The molecule has 1 saturated carbocycles. The number of carbonyl (C=O) groups is 1. The van der Waals surface area contributed by atoms with Gasteiger partial charge < -0.3 is 4.74 Å². The predicted molar refractivity (Wildman–Crippen MR) is 119 cm³/mol. The molecule has 3 heteroatoms. The minimum absolute atomic E-state index is 0.0589. The zero-order valence-corrected chi connectivity index (χ0v) is 17.9. The highest BCUT2D eigenvalue weighted by Gasteiger charge is 2.47. The van der Waals surface area contributed by atoms with E-state index in [4.69, 9.17) is 4.74 Å².